The highest BCUT2D eigenvalue weighted by Gasteiger charge is 2.61. The summed E-state index contributed by atoms with van der Waals surface area (Å²) in [5.41, 5.74) is 1.28. The van der Waals surface area contributed by atoms with E-state index in [4.69, 9.17) is 4.74 Å². The van der Waals surface area contributed by atoms with Crippen LogP contribution in [0.3, 0.4) is 0 Å². The fourth-order valence-corrected chi connectivity index (χ4v) is 6.83. The molecule has 4 aliphatic carbocycles. The minimum absolute atomic E-state index is 0.678. The van der Waals surface area contributed by atoms with Crippen LogP contribution >= 0.6 is 0 Å². The van der Waals surface area contributed by atoms with Crippen LogP contribution < -0.4 is 0 Å². The van der Waals surface area contributed by atoms with Gasteiger partial charge in [0.25, 0.3) is 0 Å². The van der Waals surface area contributed by atoms with E-state index in [9.17, 15) is 0 Å². The van der Waals surface area contributed by atoms with Gasteiger partial charge in [-0.3, -0.25) is 0 Å². The molecule has 7 unspecified atom stereocenters. The fraction of sp³-hybridized carbons (Fsp3) is 0.789. The Kier molecular flexibility index (Phi) is 3.20. The third kappa shape index (κ3) is 1.81. The van der Waals surface area contributed by atoms with Crippen LogP contribution in [0, 0.1) is 41.4 Å². The molecule has 7 atom stereocenters. The van der Waals surface area contributed by atoms with E-state index in [0.29, 0.717) is 6.61 Å². The molecule has 4 fully saturated rings. The van der Waals surface area contributed by atoms with Crippen molar-refractivity contribution in [3.05, 3.63) is 25.0 Å². The van der Waals surface area contributed by atoms with Gasteiger partial charge >= 0.3 is 0 Å². The Balaban J connectivity index is 1.44. The highest BCUT2D eigenvalue weighted by atomic mass is 16.5. The second kappa shape index (κ2) is 4.93. The maximum atomic E-state index is 5.31. The summed E-state index contributed by atoms with van der Waals surface area (Å²) in [5.74, 6) is 7.47. The SMILES string of the molecule is C=COCC(=C)CC1CCC2C3CC(C4CCCC34)C12. The third-order valence-electron chi connectivity index (χ3n) is 7.18. The van der Waals surface area contributed by atoms with E-state index in [1.54, 1.807) is 25.5 Å². The molecule has 4 aliphatic rings. The summed E-state index contributed by atoms with van der Waals surface area (Å²) in [4.78, 5) is 0. The first-order valence-corrected chi connectivity index (χ1v) is 8.68. The van der Waals surface area contributed by atoms with Gasteiger partial charge in [0.1, 0.15) is 6.61 Å². The molecule has 0 saturated heterocycles. The molecule has 0 heterocycles. The summed E-state index contributed by atoms with van der Waals surface area (Å²) < 4.78 is 5.31. The molecule has 4 rings (SSSR count). The zero-order valence-corrected chi connectivity index (χ0v) is 12.6. The molecular formula is C19H28O. The Labute approximate surface area is 123 Å². The highest BCUT2D eigenvalue weighted by molar-refractivity contribution is 5.12. The molecule has 110 valence electrons. The first-order valence-electron chi connectivity index (χ1n) is 8.68. The zero-order valence-electron chi connectivity index (χ0n) is 12.6. The van der Waals surface area contributed by atoms with E-state index in [0.717, 1.165) is 41.4 Å². The van der Waals surface area contributed by atoms with Crippen molar-refractivity contribution in [3.63, 3.8) is 0 Å². The summed E-state index contributed by atoms with van der Waals surface area (Å²) in [6.07, 6.45) is 11.9. The molecular weight excluding hydrogens is 244 g/mol. The van der Waals surface area contributed by atoms with E-state index < -0.39 is 0 Å². The average molecular weight is 272 g/mol. The molecule has 0 amide bonds. The van der Waals surface area contributed by atoms with Crippen LogP contribution in [-0.4, -0.2) is 6.61 Å². The van der Waals surface area contributed by atoms with Gasteiger partial charge < -0.3 is 4.74 Å². The van der Waals surface area contributed by atoms with Crippen molar-refractivity contribution in [3.8, 4) is 0 Å². The zero-order chi connectivity index (χ0) is 13.7. The van der Waals surface area contributed by atoms with E-state index in [1.165, 1.54) is 31.3 Å². The van der Waals surface area contributed by atoms with Gasteiger partial charge in [-0.25, -0.2) is 0 Å². The predicted octanol–water partition coefficient (Wildman–Crippen LogP) is 4.80. The lowest BCUT2D eigenvalue weighted by atomic mass is 9.68. The van der Waals surface area contributed by atoms with Crippen LogP contribution in [0.1, 0.15) is 44.9 Å². The van der Waals surface area contributed by atoms with Gasteiger partial charge in [-0.15, -0.1) is 0 Å². The Hall–Kier alpha value is -0.720. The van der Waals surface area contributed by atoms with E-state index in [2.05, 4.69) is 13.2 Å². The number of ether oxygens (including phenoxy) is 1. The third-order valence-corrected chi connectivity index (χ3v) is 7.18. The Bertz CT molecular complexity index is 412. The van der Waals surface area contributed by atoms with Crippen molar-refractivity contribution < 1.29 is 4.74 Å². The topological polar surface area (TPSA) is 9.23 Å². The molecule has 0 aromatic heterocycles. The van der Waals surface area contributed by atoms with Crippen LogP contribution in [0.15, 0.2) is 25.0 Å². The van der Waals surface area contributed by atoms with Gasteiger partial charge in [-0.2, -0.15) is 0 Å². The highest BCUT2D eigenvalue weighted by Crippen LogP contribution is 2.68. The average Bonchev–Trinajstić information content (AvgIpc) is 3.14. The van der Waals surface area contributed by atoms with Crippen LogP contribution in [0.5, 0.6) is 0 Å². The minimum atomic E-state index is 0.678. The summed E-state index contributed by atoms with van der Waals surface area (Å²) in [5, 5.41) is 0. The smallest absolute Gasteiger partial charge is 0.108 e. The van der Waals surface area contributed by atoms with E-state index >= 15 is 0 Å². The summed E-state index contributed by atoms with van der Waals surface area (Å²) >= 11 is 0. The standard InChI is InChI=1S/C19H28O/c1-3-20-11-12(2)9-13-7-8-16-17-10-18(19(13)16)15-6-4-5-14(15)17/h3,13-19H,1-2,4-11H2. The van der Waals surface area contributed by atoms with Crippen molar-refractivity contribution in [1.82, 2.24) is 0 Å². The Morgan fingerprint density at radius 1 is 1.00 bits per heavy atom. The second-order valence-electron chi connectivity index (χ2n) is 7.83. The van der Waals surface area contributed by atoms with Gasteiger partial charge in [-0.05, 0) is 85.5 Å². The predicted molar refractivity (Wildman–Crippen MR) is 82.0 cm³/mol. The largest absolute Gasteiger partial charge is 0.497 e. The molecule has 0 aromatic carbocycles. The molecule has 2 bridgehead atoms. The minimum Gasteiger partial charge on any atom is -0.497 e. The number of hydrogen-bond donors (Lipinski definition) is 0. The monoisotopic (exact) mass is 272 g/mol. The van der Waals surface area contributed by atoms with Crippen LogP contribution in [-0.2, 0) is 4.74 Å². The lowest BCUT2D eigenvalue weighted by Crippen LogP contribution is -2.32. The molecule has 4 saturated carbocycles. The van der Waals surface area contributed by atoms with Crippen LogP contribution in [0.4, 0.5) is 0 Å². The van der Waals surface area contributed by atoms with Crippen molar-refractivity contribution in [2.45, 2.75) is 44.9 Å². The summed E-state index contributed by atoms with van der Waals surface area (Å²) in [6, 6.07) is 0. The van der Waals surface area contributed by atoms with Gasteiger partial charge in [-0.1, -0.05) is 19.6 Å². The van der Waals surface area contributed by atoms with Crippen molar-refractivity contribution in [2.24, 2.45) is 41.4 Å². The van der Waals surface area contributed by atoms with E-state index in [1.807, 2.05) is 0 Å². The van der Waals surface area contributed by atoms with Gasteiger partial charge in [0.15, 0.2) is 0 Å². The van der Waals surface area contributed by atoms with Crippen molar-refractivity contribution >= 4 is 0 Å². The lowest BCUT2D eigenvalue weighted by molar-refractivity contribution is 0.113. The summed E-state index contributed by atoms with van der Waals surface area (Å²) in [7, 11) is 0. The Morgan fingerprint density at radius 2 is 1.80 bits per heavy atom. The lowest BCUT2D eigenvalue weighted by Gasteiger charge is -2.37. The van der Waals surface area contributed by atoms with Crippen molar-refractivity contribution in [2.75, 3.05) is 6.61 Å². The molecule has 1 nitrogen and oxygen atoms in total. The first kappa shape index (κ1) is 13.0. The number of hydrogen-bond acceptors (Lipinski definition) is 1. The first-order chi connectivity index (χ1) is 9.79. The molecule has 0 aromatic rings. The summed E-state index contributed by atoms with van der Waals surface area (Å²) in [6.45, 7) is 8.53. The van der Waals surface area contributed by atoms with Gasteiger partial charge in [0.05, 0.1) is 6.26 Å². The molecule has 0 N–H and O–H groups in total. The van der Waals surface area contributed by atoms with E-state index in [-0.39, 0.29) is 0 Å². The number of fused-ring (bicyclic) bond motifs is 8. The van der Waals surface area contributed by atoms with Gasteiger partial charge in [0, 0.05) is 0 Å². The molecule has 0 radical (unpaired) electrons. The normalized spacial score (nSPS) is 48.1. The molecule has 20 heavy (non-hydrogen) atoms. The molecule has 0 spiro atoms. The Morgan fingerprint density at radius 3 is 2.60 bits per heavy atom. The van der Waals surface area contributed by atoms with Crippen LogP contribution in [0.25, 0.3) is 0 Å². The van der Waals surface area contributed by atoms with Crippen LogP contribution in [0.2, 0.25) is 0 Å². The van der Waals surface area contributed by atoms with Gasteiger partial charge in [0.2, 0.25) is 0 Å². The second-order valence-corrected chi connectivity index (χ2v) is 7.83. The maximum Gasteiger partial charge on any atom is 0.108 e. The molecule has 1 heteroatoms. The molecule has 0 aliphatic heterocycles. The maximum absolute atomic E-state index is 5.31. The number of rotatable bonds is 5. The quantitative estimate of drug-likeness (QED) is 0.516. The fourth-order valence-electron chi connectivity index (χ4n) is 6.83. The van der Waals surface area contributed by atoms with Crippen molar-refractivity contribution in [1.29, 1.82) is 0 Å².